The first-order chi connectivity index (χ1) is 15.6. The number of amides is 2. The van der Waals surface area contributed by atoms with Crippen molar-refractivity contribution in [2.45, 2.75) is 12.5 Å². The number of nitrogens with zero attached hydrogens (tertiary/aromatic N) is 1. The predicted molar refractivity (Wildman–Crippen MR) is 120 cm³/mol. The van der Waals surface area contributed by atoms with E-state index in [9.17, 15) is 9.59 Å². The van der Waals surface area contributed by atoms with Gasteiger partial charge in [-0.1, -0.05) is 18.2 Å². The Morgan fingerprint density at radius 2 is 1.84 bits per heavy atom. The number of rotatable bonds is 7. The number of ether oxygens (including phenoxy) is 2. The molecular weight excluding hydrogens is 410 g/mol. The van der Waals surface area contributed by atoms with E-state index in [1.807, 2.05) is 24.3 Å². The van der Waals surface area contributed by atoms with Gasteiger partial charge in [0.25, 0.3) is 0 Å². The van der Waals surface area contributed by atoms with Crippen molar-refractivity contribution in [1.82, 2.24) is 5.32 Å². The van der Waals surface area contributed by atoms with E-state index >= 15 is 0 Å². The van der Waals surface area contributed by atoms with Gasteiger partial charge in [0.1, 0.15) is 11.8 Å². The molecule has 2 amide bonds. The van der Waals surface area contributed by atoms with Crippen LogP contribution in [0.5, 0.6) is 11.5 Å². The lowest BCUT2D eigenvalue weighted by atomic mass is 10.1. The zero-order valence-electron chi connectivity index (χ0n) is 18.0. The van der Waals surface area contributed by atoms with Crippen molar-refractivity contribution in [1.29, 1.82) is 0 Å². The van der Waals surface area contributed by atoms with Gasteiger partial charge in [0, 0.05) is 30.5 Å². The topological polar surface area (TPSA) is 93.0 Å². The maximum Gasteiger partial charge on any atom is 0.313 e. The Bertz CT molecular complexity index is 1100. The Kier molecular flexibility index (Phi) is 6.30. The number of nitrogens with one attached hydrogen (secondary N) is 2. The van der Waals surface area contributed by atoms with Gasteiger partial charge in [0.05, 0.1) is 20.5 Å². The number of methoxy groups -OCH3 is 2. The molecule has 0 fully saturated rings. The third kappa shape index (κ3) is 4.39. The van der Waals surface area contributed by atoms with Crippen molar-refractivity contribution in [3.05, 3.63) is 72.2 Å². The zero-order valence-corrected chi connectivity index (χ0v) is 18.0. The number of anilines is 2. The standard InChI is InChI=1S/C24H25N3O5/c1-30-21-10-9-17(14-22(21)31-2)26-24(29)23(28)25-15-19(20-8-5-13-32-20)27-12-11-16-6-3-4-7-18(16)27/h3-10,13-14,19H,11-12,15H2,1-2H3,(H,25,28)(H,26,29)/t19-/m1/s1. The van der Waals surface area contributed by atoms with Crippen LogP contribution < -0.4 is 25.0 Å². The highest BCUT2D eigenvalue weighted by Crippen LogP contribution is 2.35. The fourth-order valence-corrected chi connectivity index (χ4v) is 3.90. The molecule has 2 heterocycles. The van der Waals surface area contributed by atoms with Gasteiger partial charge in [-0.15, -0.1) is 0 Å². The number of para-hydroxylation sites is 1. The van der Waals surface area contributed by atoms with Gasteiger partial charge in [0.2, 0.25) is 0 Å². The van der Waals surface area contributed by atoms with E-state index in [0.717, 1.165) is 24.4 Å². The van der Waals surface area contributed by atoms with Crippen LogP contribution in [-0.4, -0.2) is 39.1 Å². The monoisotopic (exact) mass is 435 g/mol. The molecule has 2 N–H and O–H groups in total. The van der Waals surface area contributed by atoms with E-state index < -0.39 is 11.8 Å². The second-order valence-corrected chi connectivity index (χ2v) is 7.34. The lowest BCUT2D eigenvalue weighted by Gasteiger charge is -2.29. The lowest BCUT2D eigenvalue weighted by molar-refractivity contribution is -0.136. The van der Waals surface area contributed by atoms with Crippen LogP contribution in [0.2, 0.25) is 0 Å². The minimum atomic E-state index is -0.766. The minimum absolute atomic E-state index is 0.222. The normalized spacial score (nSPS) is 13.2. The van der Waals surface area contributed by atoms with Crippen LogP contribution in [0.3, 0.4) is 0 Å². The molecule has 0 saturated carbocycles. The summed E-state index contributed by atoms with van der Waals surface area (Å²) in [7, 11) is 3.03. The van der Waals surface area contributed by atoms with Gasteiger partial charge in [-0.3, -0.25) is 9.59 Å². The molecule has 0 unspecified atom stereocenters. The summed E-state index contributed by atoms with van der Waals surface area (Å²) in [6, 6.07) is 16.5. The summed E-state index contributed by atoms with van der Waals surface area (Å²) in [5, 5.41) is 5.33. The molecule has 2 aromatic carbocycles. The smallest absolute Gasteiger partial charge is 0.313 e. The lowest BCUT2D eigenvalue weighted by Crippen LogP contribution is -2.41. The summed E-state index contributed by atoms with van der Waals surface area (Å²) in [6.45, 7) is 1.03. The van der Waals surface area contributed by atoms with E-state index in [1.165, 1.54) is 19.8 Å². The Balaban J connectivity index is 1.43. The highest BCUT2D eigenvalue weighted by Gasteiger charge is 2.29. The minimum Gasteiger partial charge on any atom is -0.493 e. The molecule has 4 rings (SSSR count). The summed E-state index contributed by atoms with van der Waals surface area (Å²) in [4.78, 5) is 27.2. The number of hydrogen-bond acceptors (Lipinski definition) is 6. The van der Waals surface area contributed by atoms with Crippen LogP contribution in [0.25, 0.3) is 0 Å². The molecule has 1 aliphatic rings. The van der Waals surface area contributed by atoms with E-state index in [2.05, 4.69) is 27.7 Å². The summed E-state index contributed by atoms with van der Waals surface area (Å²) in [5.74, 6) is 0.210. The molecule has 0 aliphatic carbocycles. The van der Waals surface area contributed by atoms with Gasteiger partial charge in [-0.25, -0.2) is 0 Å². The second kappa shape index (κ2) is 9.47. The number of carbonyl (C=O) groups excluding carboxylic acids is 2. The van der Waals surface area contributed by atoms with Gasteiger partial charge in [-0.2, -0.15) is 0 Å². The molecule has 3 aromatic rings. The highest BCUT2D eigenvalue weighted by molar-refractivity contribution is 6.39. The van der Waals surface area contributed by atoms with Crippen LogP contribution in [0.4, 0.5) is 11.4 Å². The number of hydrogen-bond donors (Lipinski definition) is 2. The average molecular weight is 435 g/mol. The Hall–Kier alpha value is -3.94. The molecule has 0 bridgehead atoms. The van der Waals surface area contributed by atoms with E-state index in [4.69, 9.17) is 13.9 Å². The molecule has 1 aromatic heterocycles. The third-order valence-electron chi connectivity index (χ3n) is 5.47. The molecule has 0 spiro atoms. The van der Waals surface area contributed by atoms with Crippen molar-refractivity contribution in [3.8, 4) is 11.5 Å². The fourth-order valence-electron chi connectivity index (χ4n) is 3.90. The molecule has 0 radical (unpaired) electrons. The van der Waals surface area contributed by atoms with Gasteiger partial charge >= 0.3 is 11.8 Å². The van der Waals surface area contributed by atoms with Crippen molar-refractivity contribution < 1.29 is 23.5 Å². The van der Waals surface area contributed by atoms with Crippen LogP contribution >= 0.6 is 0 Å². The molecule has 8 heteroatoms. The first-order valence-corrected chi connectivity index (χ1v) is 10.3. The maximum absolute atomic E-state index is 12.5. The Morgan fingerprint density at radius 1 is 1.03 bits per heavy atom. The summed E-state index contributed by atoms with van der Waals surface area (Å²) >= 11 is 0. The molecule has 1 aliphatic heterocycles. The van der Waals surface area contributed by atoms with Crippen LogP contribution in [0.15, 0.2) is 65.3 Å². The SMILES string of the molecule is COc1ccc(NC(=O)C(=O)NC[C@H](c2ccco2)N2CCc3ccccc32)cc1OC. The number of benzene rings is 2. The predicted octanol–water partition coefficient (Wildman–Crippen LogP) is 3.16. The molecule has 1 atom stereocenters. The van der Waals surface area contributed by atoms with Gasteiger partial charge < -0.3 is 29.4 Å². The average Bonchev–Trinajstić information content (AvgIpc) is 3.50. The summed E-state index contributed by atoms with van der Waals surface area (Å²) in [6.07, 6.45) is 2.52. The highest BCUT2D eigenvalue weighted by atomic mass is 16.5. The Morgan fingerprint density at radius 3 is 2.59 bits per heavy atom. The van der Waals surface area contributed by atoms with Crippen molar-refractivity contribution in [2.75, 3.05) is 37.5 Å². The van der Waals surface area contributed by atoms with Crippen LogP contribution in [-0.2, 0) is 16.0 Å². The largest absolute Gasteiger partial charge is 0.493 e. The summed E-state index contributed by atoms with van der Waals surface area (Å²) < 4.78 is 16.1. The van der Waals surface area contributed by atoms with Crippen molar-refractivity contribution >= 4 is 23.2 Å². The van der Waals surface area contributed by atoms with Gasteiger partial charge in [-0.05, 0) is 42.3 Å². The Labute approximate surface area is 186 Å². The van der Waals surface area contributed by atoms with Crippen molar-refractivity contribution in [3.63, 3.8) is 0 Å². The third-order valence-corrected chi connectivity index (χ3v) is 5.47. The molecular formula is C24H25N3O5. The fraction of sp³-hybridized carbons (Fsp3) is 0.250. The van der Waals surface area contributed by atoms with Crippen LogP contribution in [0, 0.1) is 0 Å². The van der Waals surface area contributed by atoms with E-state index in [0.29, 0.717) is 17.2 Å². The molecule has 166 valence electrons. The molecule has 32 heavy (non-hydrogen) atoms. The van der Waals surface area contributed by atoms with Crippen LogP contribution in [0.1, 0.15) is 17.4 Å². The van der Waals surface area contributed by atoms with E-state index in [1.54, 1.807) is 24.5 Å². The van der Waals surface area contributed by atoms with Crippen molar-refractivity contribution in [2.24, 2.45) is 0 Å². The molecule has 8 nitrogen and oxygen atoms in total. The summed E-state index contributed by atoms with van der Waals surface area (Å²) in [5.41, 5.74) is 2.79. The molecule has 0 saturated heterocycles. The first-order valence-electron chi connectivity index (χ1n) is 10.3. The van der Waals surface area contributed by atoms with Gasteiger partial charge in [0.15, 0.2) is 11.5 Å². The quantitative estimate of drug-likeness (QED) is 0.554. The number of carbonyl (C=O) groups is 2. The number of furan rings is 1. The first kappa shape index (κ1) is 21.3. The number of fused-ring (bicyclic) bond motifs is 1. The second-order valence-electron chi connectivity index (χ2n) is 7.34. The zero-order chi connectivity index (χ0) is 22.5. The van der Waals surface area contributed by atoms with E-state index in [-0.39, 0.29) is 12.6 Å². The maximum atomic E-state index is 12.5.